The number of anilines is 1. The second-order valence-electron chi connectivity index (χ2n) is 7.82. The lowest BCUT2D eigenvalue weighted by molar-refractivity contribution is -0.119. The third kappa shape index (κ3) is 5.19. The van der Waals surface area contributed by atoms with Crippen LogP contribution in [-0.4, -0.2) is 46.6 Å². The first kappa shape index (κ1) is 20.8. The molecule has 2 amide bonds. The number of likely N-dealkylation sites (N-methyl/N-ethyl adjacent to an activating group) is 1. The average molecular weight is 418 g/mol. The van der Waals surface area contributed by atoms with E-state index in [0.29, 0.717) is 31.6 Å². The quantitative estimate of drug-likeness (QED) is 0.612. The van der Waals surface area contributed by atoms with Gasteiger partial charge in [-0.15, -0.1) is 0 Å². The van der Waals surface area contributed by atoms with E-state index in [2.05, 4.69) is 27.4 Å². The maximum atomic E-state index is 12.5. The van der Waals surface area contributed by atoms with Gasteiger partial charge in [0.25, 0.3) is 5.91 Å². The monoisotopic (exact) mass is 417 g/mol. The second kappa shape index (κ2) is 9.57. The van der Waals surface area contributed by atoms with Crippen LogP contribution in [0.25, 0.3) is 0 Å². The molecule has 2 aromatic carbocycles. The van der Waals surface area contributed by atoms with Gasteiger partial charge in [-0.2, -0.15) is 5.10 Å². The van der Waals surface area contributed by atoms with Crippen LogP contribution < -0.4 is 10.2 Å². The van der Waals surface area contributed by atoms with E-state index in [4.69, 9.17) is 0 Å². The Morgan fingerprint density at radius 1 is 1.06 bits per heavy atom. The second-order valence-corrected chi connectivity index (χ2v) is 7.82. The van der Waals surface area contributed by atoms with Crippen molar-refractivity contribution in [3.8, 4) is 0 Å². The summed E-state index contributed by atoms with van der Waals surface area (Å²) in [5.74, 6) is 0.818. The molecule has 3 aromatic rings. The standard InChI is InChI=1S/C24H27N5O2/c1-27(17-19-5-3-2-4-6-19)16-14-25-24(31)21-9-7-20(8-10-21)18-28-22-11-13-26-29(22)15-12-23(28)30/h2-11,13H,12,14-18H2,1H3,(H,25,31). The van der Waals surface area contributed by atoms with Gasteiger partial charge in [-0.3, -0.25) is 14.5 Å². The van der Waals surface area contributed by atoms with Gasteiger partial charge in [0.05, 0.1) is 19.3 Å². The van der Waals surface area contributed by atoms with Crippen molar-refractivity contribution in [1.29, 1.82) is 0 Å². The highest BCUT2D eigenvalue weighted by Gasteiger charge is 2.24. The highest BCUT2D eigenvalue weighted by molar-refractivity contribution is 5.95. The number of hydrogen-bond acceptors (Lipinski definition) is 4. The number of fused-ring (bicyclic) bond motifs is 1. The molecule has 0 radical (unpaired) electrons. The number of benzene rings is 2. The van der Waals surface area contributed by atoms with Gasteiger partial charge in [-0.25, -0.2) is 4.68 Å². The van der Waals surface area contributed by atoms with Crippen LogP contribution in [-0.2, 0) is 24.4 Å². The summed E-state index contributed by atoms with van der Waals surface area (Å²) in [7, 11) is 2.04. The van der Waals surface area contributed by atoms with Gasteiger partial charge in [0.1, 0.15) is 5.82 Å². The minimum absolute atomic E-state index is 0.0909. The van der Waals surface area contributed by atoms with E-state index >= 15 is 0 Å². The number of hydrogen-bond donors (Lipinski definition) is 1. The Bertz CT molecular complexity index is 1030. The zero-order valence-electron chi connectivity index (χ0n) is 17.7. The van der Waals surface area contributed by atoms with Gasteiger partial charge in [0, 0.05) is 37.7 Å². The summed E-state index contributed by atoms with van der Waals surface area (Å²) >= 11 is 0. The number of rotatable bonds is 8. The van der Waals surface area contributed by atoms with E-state index in [1.54, 1.807) is 11.1 Å². The molecule has 7 heteroatoms. The maximum absolute atomic E-state index is 12.5. The Labute approximate surface area is 182 Å². The van der Waals surface area contributed by atoms with Crippen molar-refractivity contribution in [3.63, 3.8) is 0 Å². The molecule has 0 saturated heterocycles. The number of nitrogens with one attached hydrogen (secondary N) is 1. The van der Waals surface area contributed by atoms with Gasteiger partial charge in [-0.05, 0) is 30.3 Å². The van der Waals surface area contributed by atoms with Crippen molar-refractivity contribution in [2.24, 2.45) is 0 Å². The molecule has 0 atom stereocenters. The van der Waals surface area contributed by atoms with Gasteiger partial charge in [0.2, 0.25) is 5.91 Å². The molecule has 0 bridgehead atoms. The molecule has 1 aliphatic heterocycles. The number of carbonyl (C=O) groups is 2. The summed E-state index contributed by atoms with van der Waals surface area (Å²) in [6.07, 6.45) is 2.17. The summed E-state index contributed by atoms with van der Waals surface area (Å²) < 4.78 is 1.85. The Morgan fingerprint density at radius 3 is 2.61 bits per heavy atom. The van der Waals surface area contributed by atoms with Crippen molar-refractivity contribution in [2.75, 3.05) is 25.0 Å². The molecule has 0 fully saturated rings. The number of amides is 2. The maximum Gasteiger partial charge on any atom is 0.251 e. The zero-order chi connectivity index (χ0) is 21.6. The van der Waals surface area contributed by atoms with E-state index in [-0.39, 0.29) is 11.8 Å². The molecular weight excluding hydrogens is 390 g/mol. The van der Waals surface area contributed by atoms with Crippen molar-refractivity contribution >= 4 is 17.6 Å². The number of aromatic nitrogens is 2. The van der Waals surface area contributed by atoms with Crippen LogP contribution in [0.1, 0.15) is 27.9 Å². The van der Waals surface area contributed by atoms with Gasteiger partial charge >= 0.3 is 0 Å². The lowest BCUT2D eigenvalue weighted by Gasteiger charge is -2.27. The van der Waals surface area contributed by atoms with Crippen LogP contribution in [0, 0.1) is 0 Å². The lowest BCUT2D eigenvalue weighted by atomic mass is 10.1. The molecule has 7 nitrogen and oxygen atoms in total. The smallest absolute Gasteiger partial charge is 0.251 e. The fraction of sp³-hybridized carbons (Fsp3) is 0.292. The topological polar surface area (TPSA) is 70.5 Å². The third-order valence-electron chi connectivity index (χ3n) is 5.44. The molecule has 2 heterocycles. The Balaban J connectivity index is 1.27. The fourth-order valence-corrected chi connectivity index (χ4v) is 3.74. The Kier molecular flexibility index (Phi) is 6.43. The van der Waals surface area contributed by atoms with Crippen LogP contribution in [0.5, 0.6) is 0 Å². The molecule has 0 spiro atoms. The van der Waals surface area contributed by atoms with Gasteiger partial charge in [-0.1, -0.05) is 42.5 Å². The largest absolute Gasteiger partial charge is 0.351 e. The molecule has 160 valence electrons. The van der Waals surface area contributed by atoms with Crippen LogP contribution in [0.4, 0.5) is 5.82 Å². The molecule has 0 saturated carbocycles. The first-order valence-electron chi connectivity index (χ1n) is 10.5. The molecule has 0 unspecified atom stereocenters. The molecule has 31 heavy (non-hydrogen) atoms. The SMILES string of the molecule is CN(CCNC(=O)c1ccc(CN2C(=O)CCn3nccc32)cc1)Cc1ccccc1. The summed E-state index contributed by atoms with van der Waals surface area (Å²) in [6.45, 7) is 3.28. The first-order chi connectivity index (χ1) is 15.1. The summed E-state index contributed by atoms with van der Waals surface area (Å²) in [5, 5.41) is 7.23. The van der Waals surface area contributed by atoms with Crippen LogP contribution in [0.2, 0.25) is 0 Å². The molecular formula is C24H27N5O2. The minimum Gasteiger partial charge on any atom is -0.351 e. The minimum atomic E-state index is -0.0909. The predicted octanol–water partition coefficient (Wildman–Crippen LogP) is 2.68. The van der Waals surface area contributed by atoms with Crippen molar-refractivity contribution in [3.05, 3.63) is 83.6 Å². The van der Waals surface area contributed by atoms with E-state index in [1.165, 1.54) is 5.56 Å². The van der Waals surface area contributed by atoms with Crippen LogP contribution in [0.3, 0.4) is 0 Å². The van der Waals surface area contributed by atoms with E-state index in [9.17, 15) is 9.59 Å². The molecule has 0 aliphatic carbocycles. The molecule has 1 aliphatic rings. The lowest BCUT2D eigenvalue weighted by Crippen LogP contribution is -2.37. The van der Waals surface area contributed by atoms with Gasteiger partial charge in [0.15, 0.2) is 0 Å². The van der Waals surface area contributed by atoms with Crippen molar-refractivity contribution in [2.45, 2.75) is 26.1 Å². The van der Waals surface area contributed by atoms with Gasteiger partial charge < -0.3 is 10.2 Å². The fourth-order valence-electron chi connectivity index (χ4n) is 3.74. The first-order valence-corrected chi connectivity index (χ1v) is 10.5. The zero-order valence-corrected chi connectivity index (χ0v) is 17.7. The predicted molar refractivity (Wildman–Crippen MR) is 120 cm³/mol. The van der Waals surface area contributed by atoms with Crippen molar-refractivity contribution < 1.29 is 9.59 Å². The normalized spacial score (nSPS) is 13.4. The summed E-state index contributed by atoms with van der Waals surface area (Å²) in [6, 6.07) is 19.5. The molecule has 4 rings (SSSR count). The highest BCUT2D eigenvalue weighted by atomic mass is 16.2. The van der Waals surface area contributed by atoms with E-state index in [1.807, 2.05) is 60.3 Å². The molecule has 1 aromatic heterocycles. The van der Waals surface area contributed by atoms with Crippen LogP contribution >= 0.6 is 0 Å². The molecule has 1 N–H and O–H groups in total. The van der Waals surface area contributed by atoms with Crippen molar-refractivity contribution in [1.82, 2.24) is 20.0 Å². The number of carbonyl (C=O) groups excluding carboxylic acids is 2. The summed E-state index contributed by atoms with van der Waals surface area (Å²) in [4.78, 5) is 28.7. The van der Waals surface area contributed by atoms with E-state index < -0.39 is 0 Å². The van der Waals surface area contributed by atoms with Crippen LogP contribution in [0.15, 0.2) is 66.9 Å². The number of aryl methyl sites for hydroxylation is 1. The highest BCUT2D eigenvalue weighted by Crippen LogP contribution is 2.23. The average Bonchev–Trinajstić information content (AvgIpc) is 3.26. The third-order valence-corrected chi connectivity index (χ3v) is 5.44. The van der Waals surface area contributed by atoms with E-state index in [0.717, 1.165) is 24.5 Å². The number of nitrogens with zero attached hydrogens (tertiary/aromatic N) is 4. The Hall–Kier alpha value is -3.45. The summed E-state index contributed by atoms with van der Waals surface area (Å²) in [5.41, 5.74) is 2.84. The Morgan fingerprint density at radius 2 is 1.84 bits per heavy atom.